The number of fused-ring (bicyclic) bond motifs is 1. The molecule has 0 radical (unpaired) electrons. The number of benzene rings is 2. The summed E-state index contributed by atoms with van der Waals surface area (Å²) in [6.07, 6.45) is -1.57. The number of aliphatic carboxylic acids is 1. The maximum absolute atomic E-state index is 11.2. The molecule has 1 aliphatic heterocycles. The van der Waals surface area contributed by atoms with Gasteiger partial charge in [-0.2, -0.15) is 0 Å². The normalized spacial score (nSPS) is 19.5. The smallest absolute Gasteiger partial charge is 0.306 e. The molecule has 0 aromatic heterocycles. The van der Waals surface area contributed by atoms with Crippen LogP contribution in [0.4, 0.5) is 5.69 Å². The van der Waals surface area contributed by atoms with Gasteiger partial charge in [0.25, 0.3) is 0 Å². The Morgan fingerprint density at radius 2 is 2.08 bits per heavy atom. The monoisotopic (exact) mass is 377 g/mol. The Kier molecular flexibility index (Phi) is 5.22. The third kappa shape index (κ3) is 3.76. The minimum atomic E-state index is -0.989. The summed E-state index contributed by atoms with van der Waals surface area (Å²) in [5.74, 6) is -0.350. The lowest BCUT2D eigenvalue weighted by molar-refractivity contribution is -0.139. The van der Waals surface area contributed by atoms with Gasteiger partial charge in [0.15, 0.2) is 0 Å². The molecule has 5 nitrogen and oxygen atoms in total. The summed E-state index contributed by atoms with van der Waals surface area (Å²) in [6, 6.07) is 12.8. The third-order valence-corrected chi connectivity index (χ3v) is 4.53. The lowest BCUT2D eigenvalue weighted by Crippen LogP contribution is -2.30. The van der Waals surface area contributed by atoms with Crippen LogP contribution in [0.1, 0.15) is 23.7 Å². The summed E-state index contributed by atoms with van der Waals surface area (Å²) < 4.78 is 11.6. The van der Waals surface area contributed by atoms with Crippen molar-refractivity contribution in [3.05, 3.63) is 58.6 Å². The molecule has 0 saturated heterocycles. The van der Waals surface area contributed by atoms with E-state index in [2.05, 4.69) is 5.32 Å². The standard InChI is InChI=1S/C18H16ClNO4S/c1-23-14-5-3-2-4-11(14)17-12-8-10(19)6-7-13(12)20-18(25)15(24-17)9-16(21)22/h2-8,15,17H,9H2,1H3,(H,20,25)(H,21,22). The van der Waals surface area contributed by atoms with Crippen LogP contribution in [-0.4, -0.2) is 29.3 Å². The number of nitrogens with one attached hydrogen (secondary N) is 1. The first kappa shape index (κ1) is 17.7. The molecule has 2 aromatic rings. The van der Waals surface area contributed by atoms with Crippen LogP contribution in [0.2, 0.25) is 5.02 Å². The summed E-state index contributed by atoms with van der Waals surface area (Å²) in [5, 5.41) is 12.8. The molecule has 0 aliphatic carbocycles. The highest BCUT2D eigenvalue weighted by atomic mass is 35.5. The number of carbonyl (C=O) groups is 1. The number of rotatable bonds is 4. The van der Waals surface area contributed by atoms with Crippen molar-refractivity contribution in [2.75, 3.05) is 12.4 Å². The van der Waals surface area contributed by atoms with Crippen LogP contribution in [0, 0.1) is 0 Å². The van der Waals surface area contributed by atoms with Crippen LogP contribution in [0.5, 0.6) is 5.75 Å². The molecule has 0 fully saturated rings. The SMILES string of the molecule is COc1ccccc1C1OC(CC(=O)O)C(=S)Nc2ccc(Cl)cc21. The third-order valence-electron chi connectivity index (χ3n) is 3.93. The van der Waals surface area contributed by atoms with Crippen molar-refractivity contribution in [3.63, 3.8) is 0 Å². The Morgan fingerprint density at radius 3 is 2.80 bits per heavy atom. The van der Waals surface area contributed by atoms with E-state index in [0.29, 0.717) is 15.8 Å². The highest BCUT2D eigenvalue weighted by molar-refractivity contribution is 7.80. The Balaban J connectivity index is 2.13. The fraction of sp³-hybridized carbons (Fsp3) is 0.222. The predicted octanol–water partition coefficient (Wildman–Crippen LogP) is 4.05. The molecule has 0 amide bonds. The van der Waals surface area contributed by atoms with E-state index in [0.717, 1.165) is 16.8 Å². The van der Waals surface area contributed by atoms with Crippen LogP contribution in [-0.2, 0) is 9.53 Å². The molecule has 2 aromatic carbocycles. The molecule has 2 atom stereocenters. The summed E-state index contributed by atoms with van der Waals surface area (Å²) in [7, 11) is 1.58. The molecular formula is C18H16ClNO4S. The second-order valence-electron chi connectivity index (χ2n) is 5.57. The molecule has 2 N–H and O–H groups in total. The number of thiocarbonyl (C=S) groups is 1. The van der Waals surface area contributed by atoms with Gasteiger partial charge in [0.05, 0.1) is 13.5 Å². The van der Waals surface area contributed by atoms with Gasteiger partial charge in [0.2, 0.25) is 0 Å². The van der Waals surface area contributed by atoms with Crippen LogP contribution in [0.3, 0.4) is 0 Å². The van der Waals surface area contributed by atoms with Gasteiger partial charge < -0.3 is 19.9 Å². The number of ether oxygens (including phenoxy) is 2. The fourth-order valence-corrected chi connectivity index (χ4v) is 3.23. The largest absolute Gasteiger partial charge is 0.496 e. The maximum Gasteiger partial charge on any atom is 0.306 e. The van der Waals surface area contributed by atoms with E-state index in [9.17, 15) is 9.90 Å². The number of methoxy groups -OCH3 is 1. The van der Waals surface area contributed by atoms with Crippen LogP contribution < -0.4 is 10.1 Å². The first-order chi connectivity index (χ1) is 12.0. The maximum atomic E-state index is 11.2. The molecule has 0 spiro atoms. The second kappa shape index (κ2) is 7.39. The van der Waals surface area contributed by atoms with E-state index >= 15 is 0 Å². The quantitative estimate of drug-likeness (QED) is 0.783. The zero-order valence-corrected chi connectivity index (χ0v) is 14.9. The summed E-state index contributed by atoms with van der Waals surface area (Å²) >= 11 is 11.5. The Labute approximate surface area is 155 Å². The van der Waals surface area contributed by atoms with Gasteiger partial charge in [0, 0.05) is 21.8 Å². The van der Waals surface area contributed by atoms with Crippen molar-refractivity contribution >= 4 is 40.5 Å². The minimum absolute atomic E-state index is 0.237. The molecule has 0 saturated carbocycles. The van der Waals surface area contributed by atoms with Crippen LogP contribution in [0.15, 0.2) is 42.5 Å². The lowest BCUT2D eigenvalue weighted by atomic mass is 9.99. The number of carboxylic acids is 1. The van der Waals surface area contributed by atoms with Gasteiger partial charge in [0.1, 0.15) is 22.9 Å². The first-order valence-electron chi connectivity index (χ1n) is 7.60. The predicted molar refractivity (Wildman–Crippen MR) is 99.6 cm³/mol. The lowest BCUT2D eigenvalue weighted by Gasteiger charge is -2.23. The first-order valence-corrected chi connectivity index (χ1v) is 8.38. The van der Waals surface area contributed by atoms with Crippen molar-refractivity contribution in [1.82, 2.24) is 0 Å². The van der Waals surface area contributed by atoms with Crippen molar-refractivity contribution in [1.29, 1.82) is 0 Å². The molecule has 3 rings (SSSR count). The number of hydrogen-bond donors (Lipinski definition) is 2. The van der Waals surface area contributed by atoms with E-state index < -0.39 is 18.2 Å². The molecule has 130 valence electrons. The van der Waals surface area contributed by atoms with Gasteiger partial charge in [-0.05, 0) is 24.3 Å². The summed E-state index contributed by atoms with van der Waals surface area (Å²) in [4.78, 5) is 11.5. The number of halogens is 1. The molecule has 1 heterocycles. The van der Waals surface area contributed by atoms with Gasteiger partial charge in [-0.3, -0.25) is 4.79 Å². The van der Waals surface area contributed by atoms with E-state index in [4.69, 9.17) is 33.3 Å². The Hall–Kier alpha value is -2.15. The van der Waals surface area contributed by atoms with E-state index in [1.54, 1.807) is 25.3 Å². The molecule has 25 heavy (non-hydrogen) atoms. The topological polar surface area (TPSA) is 67.8 Å². The average molecular weight is 378 g/mol. The van der Waals surface area contributed by atoms with Gasteiger partial charge in [-0.1, -0.05) is 42.0 Å². The number of anilines is 1. The summed E-state index contributed by atoms with van der Waals surface area (Å²) in [5.41, 5.74) is 2.28. The molecule has 1 aliphatic rings. The average Bonchev–Trinajstić information content (AvgIpc) is 2.71. The van der Waals surface area contributed by atoms with Crippen molar-refractivity contribution < 1.29 is 19.4 Å². The van der Waals surface area contributed by atoms with Gasteiger partial charge in [-0.15, -0.1) is 0 Å². The number of hydrogen-bond acceptors (Lipinski definition) is 4. The second-order valence-corrected chi connectivity index (χ2v) is 6.44. The molecule has 0 bridgehead atoms. The van der Waals surface area contributed by atoms with E-state index in [1.165, 1.54) is 0 Å². The fourth-order valence-electron chi connectivity index (χ4n) is 2.80. The van der Waals surface area contributed by atoms with Crippen LogP contribution >= 0.6 is 23.8 Å². The Bertz CT molecular complexity index is 826. The van der Waals surface area contributed by atoms with Crippen molar-refractivity contribution in [3.8, 4) is 5.75 Å². The van der Waals surface area contributed by atoms with Gasteiger partial charge >= 0.3 is 5.97 Å². The van der Waals surface area contributed by atoms with E-state index in [-0.39, 0.29) is 6.42 Å². The van der Waals surface area contributed by atoms with Crippen molar-refractivity contribution in [2.45, 2.75) is 18.6 Å². The zero-order chi connectivity index (χ0) is 18.0. The molecule has 7 heteroatoms. The highest BCUT2D eigenvalue weighted by Gasteiger charge is 2.32. The number of carboxylic acid groups (broad SMARTS) is 1. The van der Waals surface area contributed by atoms with Gasteiger partial charge in [-0.25, -0.2) is 0 Å². The zero-order valence-electron chi connectivity index (χ0n) is 13.4. The highest BCUT2D eigenvalue weighted by Crippen LogP contribution is 2.40. The van der Waals surface area contributed by atoms with E-state index in [1.807, 2.05) is 24.3 Å². The Morgan fingerprint density at radius 1 is 1.32 bits per heavy atom. The number of para-hydroxylation sites is 1. The minimum Gasteiger partial charge on any atom is -0.496 e. The van der Waals surface area contributed by atoms with Crippen molar-refractivity contribution in [2.24, 2.45) is 0 Å². The molecular weight excluding hydrogens is 362 g/mol. The molecule has 2 unspecified atom stereocenters. The van der Waals surface area contributed by atoms with Crippen LogP contribution in [0.25, 0.3) is 0 Å². The summed E-state index contributed by atoms with van der Waals surface area (Å²) in [6.45, 7) is 0.